The molecule has 0 spiro atoms. The van der Waals surface area contributed by atoms with E-state index in [1.54, 1.807) is 0 Å². The first-order valence-corrected chi connectivity index (χ1v) is 7.61. The van der Waals surface area contributed by atoms with Gasteiger partial charge in [0.15, 0.2) is 0 Å². The molecule has 0 saturated heterocycles. The summed E-state index contributed by atoms with van der Waals surface area (Å²) in [6, 6.07) is 7.11. The fraction of sp³-hybridized carbons (Fsp3) is 0. The van der Waals surface area contributed by atoms with Crippen molar-refractivity contribution in [3.05, 3.63) is 52.5 Å². The summed E-state index contributed by atoms with van der Waals surface area (Å²) in [6.07, 6.45) is 0. The first-order chi connectivity index (χ1) is 9.31. The molecule has 0 aromatic heterocycles. The topological polar surface area (TPSA) is 72.2 Å². The molecule has 0 fully saturated rings. The van der Waals surface area contributed by atoms with Crippen molar-refractivity contribution in [2.24, 2.45) is 0 Å². The molecule has 2 rings (SSSR count). The van der Waals surface area contributed by atoms with Crippen molar-refractivity contribution in [2.45, 2.75) is 4.90 Å². The normalized spacial score (nSPS) is 11.3. The maximum atomic E-state index is 13.5. The molecule has 0 unspecified atom stereocenters. The molecule has 0 amide bonds. The molecule has 20 heavy (non-hydrogen) atoms. The van der Waals surface area contributed by atoms with Crippen molar-refractivity contribution >= 4 is 37.3 Å². The van der Waals surface area contributed by atoms with Gasteiger partial charge in [-0.2, -0.15) is 0 Å². The smallest absolute Gasteiger partial charge is 0.264 e. The van der Waals surface area contributed by atoms with Gasteiger partial charge in [-0.15, -0.1) is 0 Å². The van der Waals surface area contributed by atoms with Crippen LogP contribution >= 0.6 is 15.9 Å². The van der Waals surface area contributed by atoms with Gasteiger partial charge in [0, 0.05) is 4.47 Å². The average molecular weight is 363 g/mol. The zero-order valence-electron chi connectivity index (χ0n) is 9.90. The standard InChI is InChI=1S/C12H9BrF2N2O2S/c13-7-4-5-11(10(16)6-7)20(18,19)17-12-8(14)2-1-3-9(12)15/h1-6,17H,16H2. The second-order valence-electron chi connectivity index (χ2n) is 3.88. The van der Waals surface area contributed by atoms with Crippen LogP contribution in [0, 0.1) is 11.6 Å². The second kappa shape index (κ2) is 5.37. The number of nitrogens with two attached hydrogens (primary N) is 1. The van der Waals surface area contributed by atoms with Gasteiger partial charge in [0.1, 0.15) is 22.2 Å². The van der Waals surface area contributed by atoms with Gasteiger partial charge in [0.2, 0.25) is 0 Å². The van der Waals surface area contributed by atoms with Gasteiger partial charge < -0.3 is 5.73 Å². The summed E-state index contributed by atoms with van der Waals surface area (Å²) in [7, 11) is -4.18. The number of nitrogen functional groups attached to an aromatic ring is 1. The van der Waals surface area contributed by atoms with E-state index >= 15 is 0 Å². The van der Waals surface area contributed by atoms with E-state index in [0.717, 1.165) is 18.2 Å². The molecule has 0 aliphatic rings. The van der Waals surface area contributed by atoms with Crippen LogP contribution in [-0.2, 0) is 10.0 Å². The Bertz CT molecular complexity index is 746. The fourth-order valence-corrected chi connectivity index (χ4v) is 3.12. The Labute approximate surface area is 122 Å². The molecule has 3 N–H and O–H groups in total. The molecule has 8 heteroatoms. The maximum Gasteiger partial charge on any atom is 0.264 e. The zero-order chi connectivity index (χ0) is 14.9. The average Bonchev–Trinajstić information content (AvgIpc) is 2.33. The number of nitrogens with one attached hydrogen (secondary N) is 1. The Morgan fingerprint density at radius 2 is 1.70 bits per heavy atom. The number of anilines is 2. The number of rotatable bonds is 3. The number of hydrogen-bond donors (Lipinski definition) is 2. The van der Waals surface area contributed by atoms with Crippen LogP contribution in [0.25, 0.3) is 0 Å². The van der Waals surface area contributed by atoms with Crippen molar-refractivity contribution in [1.82, 2.24) is 0 Å². The Kier molecular flexibility index (Phi) is 3.96. The molecular weight excluding hydrogens is 354 g/mol. The van der Waals surface area contributed by atoms with E-state index in [1.807, 2.05) is 4.72 Å². The van der Waals surface area contributed by atoms with E-state index in [-0.39, 0.29) is 10.6 Å². The monoisotopic (exact) mass is 362 g/mol. The Balaban J connectivity index is 2.46. The quantitative estimate of drug-likeness (QED) is 0.824. The zero-order valence-corrected chi connectivity index (χ0v) is 12.3. The summed E-state index contributed by atoms with van der Waals surface area (Å²) < 4.78 is 53.6. The minimum atomic E-state index is -4.18. The molecule has 106 valence electrons. The molecule has 0 aliphatic heterocycles. The van der Waals surface area contributed by atoms with Crippen molar-refractivity contribution < 1.29 is 17.2 Å². The lowest BCUT2D eigenvalue weighted by molar-refractivity contribution is 0.583. The third-order valence-corrected chi connectivity index (χ3v) is 4.38. The lowest BCUT2D eigenvalue weighted by Gasteiger charge is -2.11. The van der Waals surface area contributed by atoms with Crippen LogP contribution in [0.1, 0.15) is 0 Å². The molecule has 0 aliphatic carbocycles. The summed E-state index contributed by atoms with van der Waals surface area (Å²) in [5.41, 5.74) is 4.82. The van der Waals surface area contributed by atoms with E-state index in [4.69, 9.17) is 5.73 Å². The van der Waals surface area contributed by atoms with Gasteiger partial charge in [-0.3, -0.25) is 4.72 Å². The van der Waals surface area contributed by atoms with E-state index in [2.05, 4.69) is 15.9 Å². The summed E-state index contributed by atoms with van der Waals surface area (Å²) in [5, 5.41) is 0. The molecule has 0 heterocycles. The van der Waals surface area contributed by atoms with Crippen LogP contribution in [-0.4, -0.2) is 8.42 Å². The number of hydrogen-bond acceptors (Lipinski definition) is 3. The van der Waals surface area contributed by atoms with Crippen molar-refractivity contribution in [3.8, 4) is 0 Å². The molecule has 0 saturated carbocycles. The Hall–Kier alpha value is -1.67. The lowest BCUT2D eigenvalue weighted by Crippen LogP contribution is -2.16. The number of sulfonamides is 1. The SMILES string of the molecule is Nc1cc(Br)ccc1S(=O)(=O)Nc1c(F)cccc1F. The van der Waals surface area contributed by atoms with Gasteiger partial charge in [-0.25, -0.2) is 17.2 Å². The number of benzene rings is 2. The van der Waals surface area contributed by atoms with Gasteiger partial charge in [-0.1, -0.05) is 22.0 Å². The van der Waals surface area contributed by atoms with Gasteiger partial charge in [0.25, 0.3) is 10.0 Å². The predicted molar refractivity (Wildman–Crippen MR) is 75.7 cm³/mol. The molecule has 4 nitrogen and oxygen atoms in total. The molecule has 2 aromatic rings. The number of halogens is 3. The maximum absolute atomic E-state index is 13.5. The second-order valence-corrected chi connectivity index (χ2v) is 6.45. The predicted octanol–water partition coefficient (Wildman–Crippen LogP) is 3.11. The Morgan fingerprint density at radius 1 is 1.10 bits per heavy atom. The van der Waals surface area contributed by atoms with Crippen LogP contribution in [0.4, 0.5) is 20.2 Å². The van der Waals surface area contributed by atoms with E-state index in [0.29, 0.717) is 4.47 Å². The highest BCUT2D eigenvalue weighted by Crippen LogP contribution is 2.27. The van der Waals surface area contributed by atoms with E-state index in [9.17, 15) is 17.2 Å². The van der Waals surface area contributed by atoms with Crippen LogP contribution in [0.2, 0.25) is 0 Å². The van der Waals surface area contributed by atoms with Crippen LogP contribution in [0.15, 0.2) is 45.8 Å². The third kappa shape index (κ3) is 2.91. The van der Waals surface area contributed by atoms with Gasteiger partial charge in [-0.05, 0) is 30.3 Å². The lowest BCUT2D eigenvalue weighted by atomic mass is 10.3. The van der Waals surface area contributed by atoms with Crippen LogP contribution in [0.5, 0.6) is 0 Å². The highest BCUT2D eigenvalue weighted by atomic mass is 79.9. The van der Waals surface area contributed by atoms with E-state index < -0.39 is 27.3 Å². The highest BCUT2D eigenvalue weighted by molar-refractivity contribution is 9.10. The fourth-order valence-electron chi connectivity index (χ4n) is 1.55. The van der Waals surface area contributed by atoms with Crippen LogP contribution < -0.4 is 10.5 Å². The molecular formula is C12H9BrF2N2O2S. The van der Waals surface area contributed by atoms with Crippen molar-refractivity contribution in [1.29, 1.82) is 0 Å². The third-order valence-electron chi connectivity index (χ3n) is 2.46. The first kappa shape index (κ1) is 14.7. The summed E-state index contributed by atoms with van der Waals surface area (Å²) in [5.74, 6) is -2.02. The minimum Gasteiger partial charge on any atom is -0.398 e. The van der Waals surface area contributed by atoms with Crippen LogP contribution in [0.3, 0.4) is 0 Å². The summed E-state index contributed by atoms with van der Waals surface area (Å²) in [6.45, 7) is 0. The molecule has 2 aromatic carbocycles. The molecule has 0 radical (unpaired) electrons. The molecule has 0 atom stereocenters. The molecule has 0 bridgehead atoms. The van der Waals surface area contributed by atoms with Gasteiger partial charge >= 0.3 is 0 Å². The van der Waals surface area contributed by atoms with E-state index in [1.165, 1.54) is 18.2 Å². The van der Waals surface area contributed by atoms with Crippen molar-refractivity contribution in [3.63, 3.8) is 0 Å². The first-order valence-electron chi connectivity index (χ1n) is 5.33. The van der Waals surface area contributed by atoms with Gasteiger partial charge in [0.05, 0.1) is 5.69 Å². The largest absolute Gasteiger partial charge is 0.398 e. The summed E-state index contributed by atoms with van der Waals surface area (Å²) >= 11 is 3.14. The summed E-state index contributed by atoms with van der Waals surface area (Å²) in [4.78, 5) is -0.261. The number of para-hydroxylation sites is 1. The highest BCUT2D eigenvalue weighted by Gasteiger charge is 2.21. The van der Waals surface area contributed by atoms with Crippen molar-refractivity contribution in [2.75, 3.05) is 10.5 Å². The minimum absolute atomic E-state index is 0.0383. The Morgan fingerprint density at radius 3 is 2.25 bits per heavy atom.